The zero-order valence-corrected chi connectivity index (χ0v) is 13.4. The summed E-state index contributed by atoms with van der Waals surface area (Å²) in [5.41, 5.74) is 0.695. The molecule has 1 aliphatic heterocycles. The Labute approximate surface area is 136 Å². The molecule has 0 bridgehead atoms. The van der Waals surface area contributed by atoms with Crippen LogP contribution in [0.1, 0.15) is 13.3 Å². The van der Waals surface area contributed by atoms with E-state index in [0.29, 0.717) is 24.6 Å². The number of amides is 2. The summed E-state index contributed by atoms with van der Waals surface area (Å²) >= 11 is 0. The summed E-state index contributed by atoms with van der Waals surface area (Å²) in [5, 5.41) is 8.73. The number of carbonyl (C=O) groups is 2. The van der Waals surface area contributed by atoms with Gasteiger partial charge in [0.05, 0.1) is 12.5 Å². The van der Waals surface area contributed by atoms with Gasteiger partial charge >= 0.3 is 0 Å². The second kappa shape index (κ2) is 9.27. The van der Waals surface area contributed by atoms with Crippen LogP contribution in [0.2, 0.25) is 0 Å². The van der Waals surface area contributed by atoms with Gasteiger partial charge < -0.3 is 20.7 Å². The third-order valence-corrected chi connectivity index (χ3v) is 3.26. The Morgan fingerprint density at radius 2 is 2.23 bits per heavy atom. The SMILES string of the molecule is CC(=O)Nc1cccc(OCCNC(=O)C2CCNC2)c1.Cl. The molecule has 7 heteroatoms. The molecule has 2 amide bonds. The van der Waals surface area contributed by atoms with E-state index in [1.165, 1.54) is 6.92 Å². The van der Waals surface area contributed by atoms with Gasteiger partial charge in [-0.1, -0.05) is 6.07 Å². The Bertz CT molecular complexity index is 505. The third-order valence-electron chi connectivity index (χ3n) is 3.26. The first-order chi connectivity index (χ1) is 10.1. The minimum absolute atomic E-state index is 0. The molecule has 22 heavy (non-hydrogen) atoms. The van der Waals surface area contributed by atoms with Gasteiger partial charge in [-0.15, -0.1) is 12.4 Å². The Kier molecular flexibility index (Phi) is 7.70. The van der Waals surface area contributed by atoms with Crippen molar-refractivity contribution in [2.24, 2.45) is 5.92 Å². The predicted molar refractivity (Wildman–Crippen MR) is 87.5 cm³/mol. The number of hydrogen-bond donors (Lipinski definition) is 3. The Morgan fingerprint density at radius 3 is 2.91 bits per heavy atom. The van der Waals surface area contributed by atoms with Crippen molar-refractivity contribution in [1.29, 1.82) is 0 Å². The van der Waals surface area contributed by atoms with Crippen LogP contribution < -0.4 is 20.7 Å². The van der Waals surface area contributed by atoms with E-state index in [0.717, 1.165) is 19.5 Å². The average Bonchev–Trinajstić information content (AvgIpc) is 2.97. The first kappa shape index (κ1) is 18.3. The monoisotopic (exact) mass is 327 g/mol. The second-order valence-corrected chi connectivity index (χ2v) is 5.04. The maximum Gasteiger partial charge on any atom is 0.224 e. The molecule has 0 spiro atoms. The lowest BCUT2D eigenvalue weighted by atomic mass is 10.1. The van der Waals surface area contributed by atoms with E-state index in [-0.39, 0.29) is 30.1 Å². The topological polar surface area (TPSA) is 79.5 Å². The van der Waals surface area contributed by atoms with Gasteiger partial charge in [0, 0.05) is 25.2 Å². The molecule has 1 atom stereocenters. The Hall–Kier alpha value is -1.79. The van der Waals surface area contributed by atoms with Gasteiger partial charge in [-0.2, -0.15) is 0 Å². The van der Waals surface area contributed by atoms with Gasteiger partial charge in [0.15, 0.2) is 0 Å². The van der Waals surface area contributed by atoms with E-state index in [4.69, 9.17) is 4.74 Å². The molecule has 1 fully saturated rings. The molecule has 1 unspecified atom stereocenters. The number of nitrogens with one attached hydrogen (secondary N) is 3. The summed E-state index contributed by atoms with van der Waals surface area (Å²) < 4.78 is 5.56. The summed E-state index contributed by atoms with van der Waals surface area (Å²) in [7, 11) is 0. The van der Waals surface area contributed by atoms with Crippen molar-refractivity contribution in [2.45, 2.75) is 13.3 Å². The highest BCUT2D eigenvalue weighted by molar-refractivity contribution is 5.88. The van der Waals surface area contributed by atoms with E-state index in [2.05, 4.69) is 16.0 Å². The second-order valence-electron chi connectivity index (χ2n) is 5.04. The van der Waals surface area contributed by atoms with E-state index in [9.17, 15) is 9.59 Å². The molecule has 0 radical (unpaired) electrons. The number of benzene rings is 1. The minimum atomic E-state index is -0.121. The summed E-state index contributed by atoms with van der Waals surface area (Å²) in [6, 6.07) is 7.17. The molecule has 1 aliphatic rings. The van der Waals surface area contributed by atoms with Crippen molar-refractivity contribution in [3.8, 4) is 5.75 Å². The fourth-order valence-electron chi connectivity index (χ4n) is 2.23. The van der Waals surface area contributed by atoms with Crippen LogP contribution >= 0.6 is 12.4 Å². The molecule has 3 N–H and O–H groups in total. The van der Waals surface area contributed by atoms with Crippen LogP contribution in [0.25, 0.3) is 0 Å². The summed E-state index contributed by atoms with van der Waals surface area (Å²) in [6.07, 6.45) is 0.894. The van der Waals surface area contributed by atoms with Crippen molar-refractivity contribution >= 4 is 29.9 Å². The number of hydrogen-bond acceptors (Lipinski definition) is 4. The molecule has 1 aromatic rings. The van der Waals surface area contributed by atoms with Crippen LogP contribution in [0.15, 0.2) is 24.3 Å². The lowest BCUT2D eigenvalue weighted by Gasteiger charge is -2.11. The molecular formula is C15H22ClN3O3. The van der Waals surface area contributed by atoms with Gasteiger partial charge in [0.2, 0.25) is 11.8 Å². The fraction of sp³-hybridized carbons (Fsp3) is 0.467. The lowest BCUT2D eigenvalue weighted by molar-refractivity contribution is -0.124. The first-order valence-corrected chi connectivity index (χ1v) is 7.14. The van der Waals surface area contributed by atoms with Crippen LogP contribution in [0.3, 0.4) is 0 Å². The smallest absolute Gasteiger partial charge is 0.224 e. The molecule has 0 saturated carbocycles. The van der Waals surface area contributed by atoms with Gasteiger partial charge in [-0.05, 0) is 25.1 Å². The van der Waals surface area contributed by atoms with Gasteiger partial charge in [-0.3, -0.25) is 9.59 Å². The van der Waals surface area contributed by atoms with Gasteiger partial charge in [0.1, 0.15) is 12.4 Å². The maximum absolute atomic E-state index is 11.8. The van der Waals surface area contributed by atoms with Crippen LogP contribution in [-0.2, 0) is 9.59 Å². The normalized spacial score (nSPS) is 16.5. The van der Waals surface area contributed by atoms with Crippen LogP contribution in [0.5, 0.6) is 5.75 Å². The first-order valence-electron chi connectivity index (χ1n) is 7.14. The summed E-state index contributed by atoms with van der Waals surface area (Å²) in [5.74, 6) is 0.700. The number of carbonyl (C=O) groups excluding carboxylic acids is 2. The van der Waals surface area contributed by atoms with E-state index in [1.54, 1.807) is 12.1 Å². The fourth-order valence-corrected chi connectivity index (χ4v) is 2.23. The summed E-state index contributed by atoms with van der Waals surface area (Å²) in [4.78, 5) is 22.8. The zero-order valence-electron chi connectivity index (χ0n) is 12.6. The highest BCUT2D eigenvalue weighted by Gasteiger charge is 2.21. The number of halogens is 1. The van der Waals surface area contributed by atoms with Crippen molar-refractivity contribution in [3.63, 3.8) is 0 Å². The zero-order chi connectivity index (χ0) is 15.1. The highest BCUT2D eigenvalue weighted by Crippen LogP contribution is 2.17. The van der Waals surface area contributed by atoms with E-state index >= 15 is 0 Å². The van der Waals surface area contributed by atoms with Crippen LogP contribution in [-0.4, -0.2) is 38.1 Å². The Morgan fingerprint density at radius 1 is 1.41 bits per heavy atom. The molecule has 1 aromatic carbocycles. The quantitative estimate of drug-likeness (QED) is 0.685. The molecule has 6 nitrogen and oxygen atoms in total. The van der Waals surface area contributed by atoms with Crippen molar-refractivity contribution in [2.75, 3.05) is 31.6 Å². The third kappa shape index (κ3) is 5.91. The van der Waals surface area contributed by atoms with Gasteiger partial charge in [-0.25, -0.2) is 0 Å². The number of ether oxygens (including phenoxy) is 1. The molecular weight excluding hydrogens is 306 g/mol. The van der Waals surface area contributed by atoms with Crippen LogP contribution in [0.4, 0.5) is 5.69 Å². The summed E-state index contributed by atoms with van der Waals surface area (Å²) in [6.45, 7) is 3.99. The minimum Gasteiger partial charge on any atom is -0.492 e. The van der Waals surface area contributed by atoms with Gasteiger partial charge in [0.25, 0.3) is 0 Å². The number of anilines is 1. The highest BCUT2D eigenvalue weighted by atomic mass is 35.5. The van der Waals surface area contributed by atoms with E-state index in [1.807, 2.05) is 12.1 Å². The molecule has 2 rings (SSSR count). The molecule has 1 saturated heterocycles. The van der Waals surface area contributed by atoms with Crippen molar-refractivity contribution in [1.82, 2.24) is 10.6 Å². The largest absolute Gasteiger partial charge is 0.492 e. The maximum atomic E-state index is 11.8. The van der Waals surface area contributed by atoms with Crippen molar-refractivity contribution < 1.29 is 14.3 Å². The standard InChI is InChI=1S/C15H21N3O3.ClH/c1-11(19)18-13-3-2-4-14(9-13)21-8-7-17-15(20)12-5-6-16-10-12;/h2-4,9,12,16H,5-8,10H2,1H3,(H,17,20)(H,18,19);1H. The number of rotatable bonds is 6. The molecule has 0 aliphatic carbocycles. The molecule has 1 heterocycles. The van der Waals surface area contributed by atoms with Crippen molar-refractivity contribution in [3.05, 3.63) is 24.3 Å². The average molecular weight is 328 g/mol. The molecule has 0 aromatic heterocycles. The molecule has 122 valence electrons. The van der Waals surface area contributed by atoms with E-state index < -0.39 is 0 Å². The van der Waals surface area contributed by atoms with Crippen LogP contribution in [0, 0.1) is 5.92 Å². The lowest BCUT2D eigenvalue weighted by Crippen LogP contribution is -2.34. The predicted octanol–water partition coefficient (Wildman–Crippen LogP) is 1.17. The Balaban J connectivity index is 0.00000242.